The molecule has 0 saturated heterocycles. The predicted molar refractivity (Wildman–Crippen MR) is 104 cm³/mol. The lowest BCUT2D eigenvalue weighted by Gasteiger charge is -2.29. The summed E-state index contributed by atoms with van der Waals surface area (Å²) in [4.78, 5) is 0. The summed E-state index contributed by atoms with van der Waals surface area (Å²) in [7, 11) is -1.53. The average Bonchev–Trinajstić information content (AvgIpc) is 2.45. The minimum absolute atomic E-state index is 0.504. The van der Waals surface area contributed by atoms with Gasteiger partial charge >= 0.3 is 0 Å². The normalized spacial score (nSPS) is 13.3. The fourth-order valence-corrected chi connectivity index (χ4v) is 4.99. The smallest absolute Gasteiger partial charge is 0.190 e. The molecule has 1 unspecified atom stereocenters. The standard InChI is InChI=1S/C20H42OSi/c1-6-9-11-12-13-14-16-18-20(17-15-10-7-2)21-22(4,5)19-8-3/h8,20H,3,6-7,9-19H2,1-2,4-5H3. The first kappa shape index (κ1) is 21.9. The largest absolute Gasteiger partial charge is 0.414 e. The lowest BCUT2D eigenvalue weighted by atomic mass is 10.0. The summed E-state index contributed by atoms with van der Waals surface area (Å²) in [6, 6.07) is 1.08. The van der Waals surface area contributed by atoms with Gasteiger partial charge in [0.15, 0.2) is 8.32 Å². The van der Waals surface area contributed by atoms with Crippen molar-refractivity contribution in [2.45, 2.75) is 116 Å². The van der Waals surface area contributed by atoms with Crippen LogP contribution in [0.5, 0.6) is 0 Å². The van der Waals surface area contributed by atoms with Gasteiger partial charge in [-0.1, -0.05) is 84.1 Å². The van der Waals surface area contributed by atoms with Gasteiger partial charge < -0.3 is 4.43 Å². The molecule has 132 valence electrons. The molecule has 0 saturated carbocycles. The van der Waals surface area contributed by atoms with Gasteiger partial charge in [0.2, 0.25) is 0 Å². The molecule has 0 aromatic heterocycles. The lowest BCUT2D eigenvalue weighted by Crippen LogP contribution is -2.35. The third kappa shape index (κ3) is 13.6. The van der Waals surface area contributed by atoms with Crippen LogP contribution in [0.4, 0.5) is 0 Å². The minimum Gasteiger partial charge on any atom is -0.414 e. The third-order valence-corrected chi connectivity index (χ3v) is 6.62. The summed E-state index contributed by atoms with van der Waals surface area (Å²) in [6.45, 7) is 13.1. The van der Waals surface area contributed by atoms with Gasteiger partial charge in [-0.3, -0.25) is 0 Å². The zero-order valence-corrected chi connectivity index (χ0v) is 17.0. The van der Waals surface area contributed by atoms with Crippen LogP contribution in [0.1, 0.15) is 90.9 Å². The Bertz CT molecular complexity index is 250. The Kier molecular flexibility index (Phi) is 14.5. The van der Waals surface area contributed by atoms with E-state index < -0.39 is 8.32 Å². The molecule has 0 aliphatic heterocycles. The number of hydrogen-bond acceptors (Lipinski definition) is 1. The van der Waals surface area contributed by atoms with E-state index >= 15 is 0 Å². The van der Waals surface area contributed by atoms with E-state index in [9.17, 15) is 0 Å². The van der Waals surface area contributed by atoms with Gasteiger partial charge in [-0.2, -0.15) is 0 Å². The van der Waals surface area contributed by atoms with Gasteiger partial charge in [-0.05, 0) is 32.0 Å². The molecule has 1 atom stereocenters. The van der Waals surface area contributed by atoms with E-state index in [0.29, 0.717) is 6.10 Å². The maximum Gasteiger partial charge on any atom is 0.190 e. The summed E-state index contributed by atoms with van der Waals surface area (Å²) in [5.74, 6) is 0. The highest BCUT2D eigenvalue weighted by Gasteiger charge is 2.24. The van der Waals surface area contributed by atoms with Crippen molar-refractivity contribution >= 4 is 8.32 Å². The topological polar surface area (TPSA) is 9.23 Å². The molecule has 0 aromatic carbocycles. The molecule has 0 heterocycles. The van der Waals surface area contributed by atoms with Crippen molar-refractivity contribution in [3.63, 3.8) is 0 Å². The van der Waals surface area contributed by atoms with Crippen molar-refractivity contribution in [1.29, 1.82) is 0 Å². The first-order valence-electron chi connectivity index (χ1n) is 9.84. The molecule has 0 radical (unpaired) electrons. The molecule has 0 N–H and O–H groups in total. The van der Waals surface area contributed by atoms with Gasteiger partial charge in [0.25, 0.3) is 0 Å². The first-order chi connectivity index (χ1) is 10.6. The highest BCUT2D eigenvalue weighted by Crippen LogP contribution is 2.22. The molecule has 0 aromatic rings. The molecule has 2 heteroatoms. The fourth-order valence-electron chi connectivity index (χ4n) is 3.06. The second-order valence-corrected chi connectivity index (χ2v) is 11.6. The Hall–Kier alpha value is -0.0831. The monoisotopic (exact) mass is 326 g/mol. The van der Waals surface area contributed by atoms with Crippen LogP contribution < -0.4 is 0 Å². The molecular weight excluding hydrogens is 284 g/mol. The molecule has 0 amide bonds. The lowest BCUT2D eigenvalue weighted by molar-refractivity contribution is 0.164. The van der Waals surface area contributed by atoms with Crippen LogP contribution in [0.3, 0.4) is 0 Å². The molecular formula is C20H42OSi. The highest BCUT2D eigenvalue weighted by molar-refractivity contribution is 6.71. The molecule has 0 bridgehead atoms. The average molecular weight is 327 g/mol. The second kappa shape index (κ2) is 14.5. The number of rotatable bonds is 16. The van der Waals surface area contributed by atoms with Crippen LogP contribution in [0.2, 0.25) is 19.1 Å². The van der Waals surface area contributed by atoms with Crippen molar-refractivity contribution in [3.8, 4) is 0 Å². The van der Waals surface area contributed by atoms with Gasteiger partial charge in [0.1, 0.15) is 0 Å². The second-order valence-electron chi connectivity index (χ2n) is 7.40. The van der Waals surface area contributed by atoms with Crippen LogP contribution in [0.15, 0.2) is 12.7 Å². The van der Waals surface area contributed by atoms with Crippen molar-refractivity contribution < 1.29 is 4.43 Å². The summed E-state index contributed by atoms with van der Waals surface area (Å²) >= 11 is 0. The van der Waals surface area contributed by atoms with Gasteiger partial charge in [0.05, 0.1) is 0 Å². The van der Waals surface area contributed by atoms with E-state index in [-0.39, 0.29) is 0 Å². The molecule has 0 aliphatic rings. The zero-order chi connectivity index (χ0) is 16.7. The van der Waals surface area contributed by atoms with E-state index in [1.165, 1.54) is 77.0 Å². The van der Waals surface area contributed by atoms with Crippen molar-refractivity contribution in [1.82, 2.24) is 0 Å². The van der Waals surface area contributed by atoms with Gasteiger partial charge in [-0.15, -0.1) is 6.58 Å². The van der Waals surface area contributed by atoms with Gasteiger partial charge in [0, 0.05) is 6.10 Å². The van der Waals surface area contributed by atoms with Crippen molar-refractivity contribution in [2.24, 2.45) is 0 Å². The Morgan fingerprint density at radius 2 is 1.27 bits per heavy atom. The quantitative estimate of drug-likeness (QED) is 0.162. The van der Waals surface area contributed by atoms with E-state index in [1.807, 2.05) is 6.08 Å². The summed E-state index contributed by atoms with van der Waals surface area (Å²) < 4.78 is 6.54. The van der Waals surface area contributed by atoms with Crippen molar-refractivity contribution in [2.75, 3.05) is 0 Å². The molecule has 0 spiro atoms. The molecule has 22 heavy (non-hydrogen) atoms. The molecule has 0 rings (SSSR count). The number of allylic oxidation sites excluding steroid dienone is 1. The fraction of sp³-hybridized carbons (Fsp3) is 0.900. The number of hydrogen-bond donors (Lipinski definition) is 0. The summed E-state index contributed by atoms with van der Waals surface area (Å²) in [5, 5.41) is 0. The predicted octanol–water partition coefficient (Wildman–Crippen LogP) is 7.48. The maximum absolute atomic E-state index is 6.54. The Labute approximate surface area is 142 Å². The van der Waals surface area contributed by atoms with E-state index in [0.717, 1.165) is 6.04 Å². The Balaban J connectivity index is 3.99. The van der Waals surface area contributed by atoms with Crippen LogP contribution in [0.25, 0.3) is 0 Å². The van der Waals surface area contributed by atoms with Crippen LogP contribution in [-0.4, -0.2) is 14.4 Å². The Morgan fingerprint density at radius 3 is 1.82 bits per heavy atom. The highest BCUT2D eigenvalue weighted by atomic mass is 28.4. The minimum atomic E-state index is -1.53. The van der Waals surface area contributed by atoms with E-state index in [2.05, 4.69) is 33.5 Å². The zero-order valence-electron chi connectivity index (χ0n) is 16.0. The Morgan fingerprint density at radius 1 is 0.818 bits per heavy atom. The third-order valence-electron chi connectivity index (χ3n) is 4.38. The van der Waals surface area contributed by atoms with E-state index in [1.54, 1.807) is 0 Å². The van der Waals surface area contributed by atoms with Crippen LogP contribution >= 0.6 is 0 Å². The summed E-state index contributed by atoms with van der Waals surface area (Å²) in [5.41, 5.74) is 0. The van der Waals surface area contributed by atoms with E-state index in [4.69, 9.17) is 4.43 Å². The van der Waals surface area contributed by atoms with Crippen LogP contribution in [0, 0.1) is 0 Å². The molecule has 0 aliphatic carbocycles. The van der Waals surface area contributed by atoms with Gasteiger partial charge in [-0.25, -0.2) is 0 Å². The molecule has 1 nitrogen and oxygen atoms in total. The van der Waals surface area contributed by atoms with Crippen molar-refractivity contribution in [3.05, 3.63) is 12.7 Å². The number of unbranched alkanes of at least 4 members (excludes halogenated alkanes) is 8. The summed E-state index contributed by atoms with van der Waals surface area (Å²) in [6.07, 6.45) is 18.8. The SMILES string of the molecule is C=CC[Si](C)(C)OC(CCCCC)CCCCCCCCC. The molecule has 0 fully saturated rings. The van der Waals surface area contributed by atoms with Crippen LogP contribution in [-0.2, 0) is 4.43 Å². The maximum atomic E-state index is 6.54. The first-order valence-corrected chi connectivity index (χ1v) is 13.0.